The van der Waals surface area contributed by atoms with E-state index in [2.05, 4.69) is 5.32 Å². The molecule has 1 aromatic carbocycles. The summed E-state index contributed by atoms with van der Waals surface area (Å²) in [4.78, 5) is 23.2. The fourth-order valence-electron chi connectivity index (χ4n) is 1.50. The van der Waals surface area contributed by atoms with Crippen LogP contribution in [0, 0.1) is 12.7 Å². The molecule has 1 rings (SSSR count). The number of carbonyl (C=O) groups excluding carboxylic acids is 2. The van der Waals surface area contributed by atoms with Gasteiger partial charge in [0, 0.05) is 5.56 Å². The number of alkyl carbamates (subject to hydrolysis) is 1. The molecule has 0 spiro atoms. The second-order valence-electron chi connectivity index (χ2n) is 5.24. The van der Waals surface area contributed by atoms with Gasteiger partial charge < -0.3 is 10.1 Å². The van der Waals surface area contributed by atoms with Crippen LogP contribution in [0.25, 0.3) is 0 Å². The summed E-state index contributed by atoms with van der Waals surface area (Å²) in [5.74, 6) is -0.683. The Bertz CT molecular complexity index is 492. The molecule has 0 aliphatic carbocycles. The number of Topliss-reactive ketones (excluding diaryl/α,β-unsaturated/α-hetero) is 1. The molecule has 0 bridgehead atoms. The van der Waals surface area contributed by atoms with Gasteiger partial charge in [0.05, 0.1) is 6.54 Å². The molecule has 0 aromatic heterocycles. The number of rotatable bonds is 3. The molecule has 19 heavy (non-hydrogen) atoms. The van der Waals surface area contributed by atoms with Crippen LogP contribution in [0.4, 0.5) is 9.18 Å². The molecular weight excluding hydrogens is 249 g/mol. The molecule has 1 aromatic rings. The van der Waals surface area contributed by atoms with Gasteiger partial charge in [0.25, 0.3) is 0 Å². The lowest BCUT2D eigenvalue weighted by molar-refractivity contribution is 0.0520. The Labute approximate surface area is 112 Å². The molecule has 0 aliphatic rings. The summed E-state index contributed by atoms with van der Waals surface area (Å²) in [7, 11) is 0. The van der Waals surface area contributed by atoms with Gasteiger partial charge in [-0.05, 0) is 51.5 Å². The lowest BCUT2D eigenvalue weighted by Gasteiger charge is -2.19. The standard InChI is InChI=1S/C14H18FNO3/c1-9-7-10(15)5-6-11(9)12(17)8-16-13(18)19-14(2,3)4/h5-7H,8H2,1-4H3,(H,16,18). The zero-order valence-corrected chi connectivity index (χ0v) is 11.5. The van der Waals surface area contributed by atoms with Crippen LogP contribution in [0.15, 0.2) is 18.2 Å². The first-order valence-electron chi connectivity index (χ1n) is 5.95. The van der Waals surface area contributed by atoms with Crippen molar-refractivity contribution >= 4 is 11.9 Å². The number of hydrogen-bond donors (Lipinski definition) is 1. The van der Waals surface area contributed by atoms with E-state index in [-0.39, 0.29) is 12.3 Å². The number of ketones is 1. The first kappa shape index (κ1) is 15.1. The largest absolute Gasteiger partial charge is 0.444 e. The summed E-state index contributed by atoms with van der Waals surface area (Å²) in [5.41, 5.74) is 0.312. The van der Waals surface area contributed by atoms with E-state index >= 15 is 0 Å². The van der Waals surface area contributed by atoms with Gasteiger partial charge in [-0.15, -0.1) is 0 Å². The Hall–Kier alpha value is -1.91. The smallest absolute Gasteiger partial charge is 0.408 e. The minimum absolute atomic E-state index is 0.179. The van der Waals surface area contributed by atoms with Crippen LogP contribution in [0.1, 0.15) is 36.7 Å². The van der Waals surface area contributed by atoms with E-state index in [1.54, 1.807) is 27.7 Å². The van der Waals surface area contributed by atoms with Crippen LogP contribution in [0.3, 0.4) is 0 Å². The van der Waals surface area contributed by atoms with Crippen molar-refractivity contribution in [1.82, 2.24) is 5.32 Å². The summed E-state index contributed by atoms with van der Waals surface area (Å²) in [5, 5.41) is 2.37. The highest BCUT2D eigenvalue weighted by Crippen LogP contribution is 2.11. The lowest BCUT2D eigenvalue weighted by atomic mass is 10.0. The van der Waals surface area contributed by atoms with Gasteiger partial charge >= 0.3 is 6.09 Å². The van der Waals surface area contributed by atoms with E-state index in [0.29, 0.717) is 11.1 Å². The highest BCUT2D eigenvalue weighted by molar-refractivity contribution is 6.00. The van der Waals surface area contributed by atoms with Crippen LogP contribution in [-0.4, -0.2) is 24.0 Å². The number of halogens is 1. The minimum atomic E-state index is -0.652. The van der Waals surface area contributed by atoms with Crippen molar-refractivity contribution in [3.63, 3.8) is 0 Å². The van der Waals surface area contributed by atoms with Gasteiger partial charge in [-0.25, -0.2) is 9.18 Å². The topological polar surface area (TPSA) is 55.4 Å². The summed E-state index contributed by atoms with van der Waals surface area (Å²) in [6, 6.07) is 3.90. The zero-order chi connectivity index (χ0) is 14.6. The van der Waals surface area contributed by atoms with Crippen LogP contribution in [0.2, 0.25) is 0 Å². The number of hydrogen-bond acceptors (Lipinski definition) is 3. The van der Waals surface area contributed by atoms with Gasteiger partial charge in [-0.3, -0.25) is 4.79 Å². The molecule has 1 N–H and O–H groups in total. The van der Waals surface area contributed by atoms with Crippen molar-refractivity contribution in [2.24, 2.45) is 0 Å². The van der Waals surface area contributed by atoms with Gasteiger partial charge in [0.15, 0.2) is 5.78 Å². The average molecular weight is 267 g/mol. The van der Waals surface area contributed by atoms with Crippen molar-refractivity contribution in [1.29, 1.82) is 0 Å². The molecule has 4 nitrogen and oxygen atoms in total. The van der Waals surface area contributed by atoms with Crippen LogP contribution < -0.4 is 5.32 Å². The third-order valence-electron chi connectivity index (χ3n) is 2.28. The van der Waals surface area contributed by atoms with Crippen molar-refractivity contribution in [2.45, 2.75) is 33.3 Å². The predicted octanol–water partition coefficient (Wildman–Crippen LogP) is 2.84. The first-order valence-corrected chi connectivity index (χ1v) is 5.95. The van der Waals surface area contributed by atoms with Crippen molar-refractivity contribution in [3.05, 3.63) is 35.1 Å². The third kappa shape index (κ3) is 5.07. The second-order valence-corrected chi connectivity index (χ2v) is 5.24. The molecule has 0 saturated heterocycles. The molecule has 0 aliphatic heterocycles. The van der Waals surface area contributed by atoms with E-state index in [4.69, 9.17) is 4.74 Å². The minimum Gasteiger partial charge on any atom is -0.444 e. The highest BCUT2D eigenvalue weighted by atomic mass is 19.1. The number of nitrogens with one attached hydrogen (secondary N) is 1. The Morgan fingerprint density at radius 1 is 1.32 bits per heavy atom. The molecular formula is C14H18FNO3. The van der Waals surface area contributed by atoms with Gasteiger partial charge in [-0.1, -0.05) is 0 Å². The maximum absolute atomic E-state index is 12.9. The zero-order valence-electron chi connectivity index (χ0n) is 11.5. The Kier molecular flexibility index (Phi) is 4.64. The number of amides is 1. The van der Waals surface area contributed by atoms with Crippen LogP contribution in [0.5, 0.6) is 0 Å². The number of carbonyl (C=O) groups is 2. The van der Waals surface area contributed by atoms with E-state index in [9.17, 15) is 14.0 Å². The molecule has 0 fully saturated rings. The Morgan fingerprint density at radius 2 is 1.95 bits per heavy atom. The normalized spacial score (nSPS) is 11.0. The second kappa shape index (κ2) is 5.82. The van der Waals surface area contributed by atoms with E-state index in [0.717, 1.165) is 0 Å². The van der Waals surface area contributed by atoms with Gasteiger partial charge in [0.2, 0.25) is 0 Å². The molecule has 104 valence electrons. The molecule has 1 amide bonds. The maximum atomic E-state index is 12.9. The SMILES string of the molecule is Cc1cc(F)ccc1C(=O)CNC(=O)OC(C)(C)C. The maximum Gasteiger partial charge on any atom is 0.408 e. The first-order chi connectivity index (χ1) is 8.69. The van der Waals surface area contributed by atoms with Crippen molar-refractivity contribution < 1.29 is 18.7 Å². The lowest BCUT2D eigenvalue weighted by Crippen LogP contribution is -2.35. The van der Waals surface area contributed by atoms with E-state index < -0.39 is 17.5 Å². The van der Waals surface area contributed by atoms with Crippen molar-refractivity contribution in [2.75, 3.05) is 6.54 Å². The number of ether oxygens (including phenoxy) is 1. The Balaban J connectivity index is 2.59. The van der Waals surface area contributed by atoms with Gasteiger partial charge in [-0.2, -0.15) is 0 Å². The molecule has 0 radical (unpaired) electrons. The van der Waals surface area contributed by atoms with Crippen LogP contribution in [-0.2, 0) is 4.74 Å². The third-order valence-corrected chi connectivity index (χ3v) is 2.28. The summed E-state index contributed by atoms with van der Waals surface area (Å²) in [6.07, 6.45) is -0.652. The number of benzene rings is 1. The highest BCUT2D eigenvalue weighted by Gasteiger charge is 2.17. The summed E-state index contributed by atoms with van der Waals surface area (Å²) >= 11 is 0. The predicted molar refractivity (Wildman–Crippen MR) is 69.7 cm³/mol. The Morgan fingerprint density at radius 3 is 2.47 bits per heavy atom. The quantitative estimate of drug-likeness (QED) is 0.857. The molecule has 0 atom stereocenters. The average Bonchev–Trinajstić information content (AvgIpc) is 2.23. The monoisotopic (exact) mass is 267 g/mol. The summed E-state index contributed by atoms with van der Waals surface area (Å²) < 4.78 is 17.9. The number of aryl methyl sites for hydroxylation is 1. The fraction of sp³-hybridized carbons (Fsp3) is 0.429. The van der Waals surface area contributed by atoms with Crippen molar-refractivity contribution in [3.8, 4) is 0 Å². The molecule has 0 unspecified atom stereocenters. The molecule has 0 heterocycles. The van der Waals surface area contributed by atoms with E-state index in [1.807, 2.05) is 0 Å². The van der Waals surface area contributed by atoms with Gasteiger partial charge in [0.1, 0.15) is 11.4 Å². The summed E-state index contributed by atoms with van der Waals surface area (Å²) in [6.45, 7) is 6.67. The molecule has 0 saturated carbocycles. The fourth-order valence-corrected chi connectivity index (χ4v) is 1.50. The molecule has 5 heteroatoms. The van der Waals surface area contributed by atoms with E-state index in [1.165, 1.54) is 18.2 Å². The van der Waals surface area contributed by atoms with Crippen LogP contribution >= 0.6 is 0 Å².